The molecule has 0 radical (unpaired) electrons. The fourth-order valence-electron chi connectivity index (χ4n) is 1.83. The van der Waals surface area contributed by atoms with Crippen LogP contribution in [0.4, 0.5) is 5.69 Å². The van der Waals surface area contributed by atoms with Gasteiger partial charge in [0, 0.05) is 11.1 Å². The van der Waals surface area contributed by atoms with Crippen LogP contribution in [0, 0.1) is 5.41 Å². The summed E-state index contributed by atoms with van der Waals surface area (Å²) in [6.07, 6.45) is 6.28. The summed E-state index contributed by atoms with van der Waals surface area (Å²) in [5, 5.41) is 2.95. The Morgan fingerprint density at radius 1 is 1.05 bits per heavy atom. The Morgan fingerprint density at radius 3 is 2.21 bits per heavy atom. The summed E-state index contributed by atoms with van der Waals surface area (Å²) in [4.78, 5) is 11.9. The predicted molar refractivity (Wildman–Crippen MR) is 82.4 cm³/mol. The van der Waals surface area contributed by atoms with Gasteiger partial charge in [0.15, 0.2) is 0 Å². The minimum Gasteiger partial charge on any atom is -0.326 e. The van der Waals surface area contributed by atoms with Crippen molar-refractivity contribution < 1.29 is 4.79 Å². The molecule has 0 heterocycles. The summed E-state index contributed by atoms with van der Waals surface area (Å²) in [6, 6.07) is 8.23. The summed E-state index contributed by atoms with van der Waals surface area (Å²) in [6.45, 7) is 7.99. The van der Waals surface area contributed by atoms with Crippen molar-refractivity contribution in [1.82, 2.24) is 0 Å². The van der Waals surface area contributed by atoms with Crippen LogP contribution in [0.5, 0.6) is 0 Å². The molecule has 0 saturated heterocycles. The van der Waals surface area contributed by atoms with Gasteiger partial charge in [0.2, 0.25) is 5.91 Å². The highest BCUT2D eigenvalue weighted by molar-refractivity contribution is 5.94. The third-order valence-corrected chi connectivity index (χ3v) is 3.21. The molecule has 1 N–H and O–H groups in total. The summed E-state index contributed by atoms with van der Waals surface area (Å²) in [5.74, 6) is 0.0585. The maximum absolute atomic E-state index is 11.9. The number of amides is 1. The van der Waals surface area contributed by atoms with Gasteiger partial charge in [-0.15, -0.1) is 0 Å². The lowest BCUT2D eigenvalue weighted by atomic mass is 9.95. The quantitative estimate of drug-likeness (QED) is 0.733. The van der Waals surface area contributed by atoms with E-state index in [1.807, 2.05) is 32.9 Å². The number of rotatable bonds is 6. The normalized spacial score (nSPS) is 11.4. The lowest BCUT2D eigenvalue weighted by Crippen LogP contribution is -2.27. The fraction of sp³-hybridized carbons (Fsp3) is 0.588. The first-order valence-corrected chi connectivity index (χ1v) is 7.34. The van der Waals surface area contributed by atoms with Gasteiger partial charge in [-0.05, 0) is 30.5 Å². The molecule has 0 fully saturated rings. The number of nitrogens with one attached hydrogen (secondary N) is 1. The van der Waals surface area contributed by atoms with Gasteiger partial charge < -0.3 is 5.32 Å². The smallest absolute Gasteiger partial charge is 0.229 e. The molecule has 1 rings (SSSR count). The number of hydrogen-bond acceptors (Lipinski definition) is 1. The van der Waals surface area contributed by atoms with Crippen LogP contribution in [-0.4, -0.2) is 5.91 Å². The van der Waals surface area contributed by atoms with Crippen molar-refractivity contribution in [3.63, 3.8) is 0 Å². The summed E-state index contributed by atoms with van der Waals surface area (Å²) < 4.78 is 0. The molecule has 0 atom stereocenters. The molecular formula is C17H27NO. The lowest BCUT2D eigenvalue weighted by molar-refractivity contribution is -0.123. The van der Waals surface area contributed by atoms with Crippen LogP contribution in [0.3, 0.4) is 0 Å². The number of unbranched alkanes of at least 4 members (excludes halogenated alkanes) is 3. The first-order chi connectivity index (χ1) is 8.93. The Bertz CT molecular complexity index is 387. The average molecular weight is 261 g/mol. The second-order valence-electron chi connectivity index (χ2n) is 6.21. The molecule has 2 heteroatoms. The SMILES string of the molecule is CCCCCCc1ccc(NC(=O)C(C)(C)C)cc1. The van der Waals surface area contributed by atoms with Crippen molar-refractivity contribution >= 4 is 11.6 Å². The molecule has 0 unspecified atom stereocenters. The number of aryl methyl sites for hydroxylation is 1. The molecule has 0 saturated carbocycles. The van der Waals surface area contributed by atoms with Gasteiger partial charge in [-0.2, -0.15) is 0 Å². The van der Waals surface area contributed by atoms with E-state index in [-0.39, 0.29) is 11.3 Å². The predicted octanol–water partition coefficient (Wildman–Crippen LogP) is 4.79. The molecular weight excluding hydrogens is 234 g/mol. The van der Waals surface area contributed by atoms with Crippen molar-refractivity contribution in [2.75, 3.05) is 5.32 Å². The summed E-state index contributed by atoms with van der Waals surface area (Å²) >= 11 is 0. The monoisotopic (exact) mass is 261 g/mol. The van der Waals surface area contributed by atoms with E-state index in [0.29, 0.717) is 0 Å². The number of benzene rings is 1. The van der Waals surface area contributed by atoms with Crippen LogP contribution in [0.2, 0.25) is 0 Å². The molecule has 1 amide bonds. The zero-order chi connectivity index (χ0) is 14.3. The number of carbonyl (C=O) groups excluding carboxylic acids is 1. The molecule has 1 aromatic carbocycles. The second kappa shape index (κ2) is 7.32. The number of carbonyl (C=O) groups is 1. The first-order valence-electron chi connectivity index (χ1n) is 7.34. The minimum absolute atomic E-state index is 0.0585. The zero-order valence-corrected chi connectivity index (χ0v) is 12.8. The topological polar surface area (TPSA) is 29.1 Å². The average Bonchev–Trinajstić information content (AvgIpc) is 2.35. The minimum atomic E-state index is -0.348. The van der Waals surface area contributed by atoms with Crippen molar-refractivity contribution in [2.24, 2.45) is 5.41 Å². The van der Waals surface area contributed by atoms with Crippen molar-refractivity contribution in [1.29, 1.82) is 0 Å². The van der Waals surface area contributed by atoms with E-state index in [1.54, 1.807) is 0 Å². The highest BCUT2D eigenvalue weighted by atomic mass is 16.2. The van der Waals surface area contributed by atoms with Gasteiger partial charge in [-0.3, -0.25) is 4.79 Å². The Kier molecular flexibility index (Phi) is 6.07. The van der Waals surface area contributed by atoms with Crippen LogP contribution < -0.4 is 5.32 Å². The number of hydrogen-bond donors (Lipinski definition) is 1. The Labute approximate surface area is 117 Å². The lowest BCUT2D eigenvalue weighted by Gasteiger charge is -2.17. The van der Waals surface area contributed by atoms with E-state index in [0.717, 1.165) is 12.1 Å². The van der Waals surface area contributed by atoms with Gasteiger partial charge in [-0.25, -0.2) is 0 Å². The van der Waals surface area contributed by atoms with E-state index in [1.165, 1.54) is 31.2 Å². The fourth-order valence-corrected chi connectivity index (χ4v) is 1.83. The van der Waals surface area contributed by atoms with Crippen LogP contribution in [-0.2, 0) is 11.2 Å². The highest BCUT2D eigenvalue weighted by Crippen LogP contribution is 2.18. The van der Waals surface area contributed by atoms with E-state index in [2.05, 4.69) is 24.4 Å². The van der Waals surface area contributed by atoms with Gasteiger partial charge in [-0.1, -0.05) is 59.1 Å². The molecule has 0 spiro atoms. The largest absolute Gasteiger partial charge is 0.326 e. The van der Waals surface area contributed by atoms with E-state index < -0.39 is 0 Å². The third kappa shape index (κ3) is 5.91. The zero-order valence-electron chi connectivity index (χ0n) is 12.8. The standard InChI is InChI=1S/C17H27NO/c1-5-6-7-8-9-14-10-12-15(13-11-14)18-16(19)17(2,3)4/h10-13H,5-9H2,1-4H3,(H,18,19). The summed E-state index contributed by atoms with van der Waals surface area (Å²) in [5.41, 5.74) is 1.89. The molecule has 1 aromatic rings. The molecule has 0 aromatic heterocycles. The van der Waals surface area contributed by atoms with E-state index in [9.17, 15) is 4.79 Å². The van der Waals surface area contributed by atoms with Crippen LogP contribution in [0.15, 0.2) is 24.3 Å². The third-order valence-electron chi connectivity index (χ3n) is 3.21. The molecule has 106 valence electrons. The maximum Gasteiger partial charge on any atom is 0.229 e. The highest BCUT2D eigenvalue weighted by Gasteiger charge is 2.20. The van der Waals surface area contributed by atoms with Crippen molar-refractivity contribution in [3.05, 3.63) is 29.8 Å². The Morgan fingerprint density at radius 2 is 1.68 bits per heavy atom. The van der Waals surface area contributed by atoms with Gasteiger partial charge in [0.25, 0.3) is 0 Å². The molecule has 19 heavy (non-hydrogen) atoms. The van der Waals surface area contributed by atoms with Crippen LogP contribution >= 0.6 is 0 Å². The Hall–Kier alpha value is -1.31. The first kappa shape index (κ1) is 15.7. The molecule has 0 bridgehead atoms. The molecule has 0 aliphatic carbocycles. The summed E-state index contributed by atoms with van der Waals surface area (Å²) in [7, 11) is 0. The van der Waals surface area contributed by atoms with Gasteiger partial charge >= 0.3 is 0 Å². The molecule has 0 aliphatic heterocycles. The molecule has 0 aliphatic rings. The van der Waals surface area contributed by atoms with Gasteiger partial charge in [0.05, 0.1) is 0 Å². The second-order valence-corrected chi connectivity index (χ2v) is 6.21. The van der Waals surface area contributed by atoms with Crippen molar-refractivity contribution in [2.45, 2.75) is 59.8 Å². The van der Waals surface area contributed by atoms with Crippen molar-refractivity contribution in [3.8, 4) is 0 Å². The molecule has 2 nitrogen and oxygen atoms in total. The van der Waals surface area contributed by atoms with E-state index >= 15 is 0 Å². The van der Waals surface area contributed by atoms with Crippen LogP contribution in [0.1, 0.15) is 58.9 Å². The van der Waals surface area contributed by atoms with Gasteiger partial charge in [0.1, 0.15) is 0 Å². The Balaban J connectivity index is 2.45. The maximum atomic E-state index is 11.9. The number of anilines is 1. The van der Waals surface area contributed by atoms with Crippen LogP contribution in [0.25, 0.3) is 0 Å². The van der Waals surface area contributed by atoms with E-state index in [4.69, 9.17) is 0 Å².